The predicted molar refractivity (Wildman–Crippen MR) is 88.6 cm³/mol. The van der Waals surface area contributed by atoms with Gasteiger partial charge in [0.15, 0.2) is 0 Å². The van der Waals surface area contributed by atoms with Crippen LogP contribution in [-0.2, 0) is 17.6 Å². The van der Waals surface area contributed by atoms with Crippen molar-refractivity contribution in [3.8, 4) is 5.75 Å². The molecule has 3 N–H and O–H groups in total. The van der Waals surface area contributed by atoms with Gasteiger partial charge < -0.3 is 15.6 Å². The molecule has 0 aromatic heterocycles. The molecule has 0 amide bonds. The van der Waals surface area contributed by atoms with Crippen LogP contribution in [0.1, 0.15) is 11.1 Å². The SMILES string of the molecule is Cl.NC(Cc1ccccc1OCCc1ccccc1)C(=O)O. The number of hydrogen-bond donors (Lipinski definition) is 2. The maximum Gasteiger partial charge on any atom is 0.320 e. The second-order valence-electron chi connectivity index (χ2n) is 4.84. The first-order valence-electron chi connectivity index (χ1n) is 6.90. The molecule has 0 spiro atoms. The van der Waals surface area contributed by atoms with Gasteiger partial charge in [0.2, 0.25) is 0 Å². The van der Waals surface area contributed by atoms with Crippen molar-refractivity contribution in [2.75, 3.05) is 6.61 Å². The first-order chi connectivity index (χ1) is 10.2. The summed E-state index contributed by atoms with van der Waals surface area (Å²) in [6.45, 7) is 0.545. The molecule has 4 nitrogen and oxygen atoms in total. The molecule has 1 atom stereocenters. The fraction of sp³-hybridized carbons (Fsp3) is 0.235. The molecule has 5 heteroatoms. The van der Waals surface area contributed by atoms with Crippen LogP contribution in [0, 0.1) is 0 Å². The second kappa shape index (κ2) is 9.07. The molecular weight excluding hydrogens is 302 g/mol. The fourth-order valence-corrected chi connectivity index (χ4v) is 2.06. The predicted octanol–water partition coefficient (Wildman–Crippen LogP) is 2.68. The minimum atomic E-state index is -1.01. The van der Waals surface area contributed by atoms with Gasteiger partial charge in [0, 0.05) is 12.8 Å². The van der Waals surface area contributed by atoms with Gasteiger partial charge in [-0.2, -0.15) is 0 Å². The van der Waals surface area contributed by atoms with Crippen molar-refractivity contribution >= 4 is 18.4 Å². The van der Waals surface area contributed by atoms with Gasteiger partial charge in [-0.05, 0) is 17.2 Å². The molecule has 2 aromatic rings. The van der Waals surface area contributed by atoms with Crippen LogP contribution in [0.2, 0.25) is 0 Å². The lowest BCUT2D eigenvalue weighted by Crippen LogP contribution is -2.32. The zero-order valence-electron chi connectivity index (χ0n) is 12.1. The molecule has 0 saturated heterocycles. The number of carbonyl (C=O) groups is 1. The van der Waals surface area contributed by atoms with E-state index in [9.17, 15) is 4.79 Å². The highest BCUT2D eigenvalue weighted by Gasteiger charge is 2.14. The Bertz CT molecular complexity index is 589. The van der Waals surface area contributed by atoms with E-state index in [1.54, 1.807) is 0 Å². The van der Waals surface area contributed by atoms with Crippen molar-refractivity contribution < 1.29 is 14.6 Å². The van der Waals surface area contributed by atoms with Gasteiger partial charge in [-0.15, -0.1) is 12.4 Å². The van der Waals surface area contributed by atoms with Crippen LogP contribution >= 0.6 is 12.4 Å². The van der Waals surface area contributed by atoms with Gasteiger partial charge in [-0.3, -0.25) is 4.79 Å². The first kappa shape index (κ1) is 18.0. The molecule has 2 aromatic carbocycles. The van der Waals surface area contributed by atoms with Gasteiger partial charge in [0.05, 0.1) is 6.61 Å². The number of benzene rings is 2. The Hall–Kier alpha value is -2.04. The number of aliphatic carboxylic acids is 1. The lowest BCUT2D eigenvalue weighted by Gasteiger charge is -2.13. The van der Waals surface area contributed by atoms with Crippen LogP contribution in [0.3, 0.4) is 0 Å². The molecule has 0 bridgehead atoms. The summed E-state index contributed by atoms with van der Waals surface area (Å²) >= 11 is 0. The smallest absolute Gasteiger partial charge is 0.320 e. The van der Waals surface area contributed by atoms with E-state index in [1.165, 1.54) is 5.56 Å². The number of halogens is 1. The van der Waals surface area contributed by atoms with Gasteiger partial charge in [0.25, 0.3) is 0 Å². The Balaban J connectivity index is 0.00000242. The van der Waals surface area contributed by atoms with Crippen molar-refractivity contribution in [2.45, 2.75) is 18.9 Å². The average Bonchev–Trinajstić information content (AvgIpc) is 2.50. The molecular formula is C17H20ClNO3. The maximum atomic E-state index is 10.8. The van der Waals surface area contributed by atoms with E-state index in [0.29, 0.717) is 12.4 Å². The minimum Gasteiger partial charge on any atom is -0.493 e. The van der Waals surface area contributed by atoms with E-state index in [4.69, 9.17) is 15.6 Å². The standard InChI is InChI=1S/C17H19NO3.ClH/c18-15(17(19)20)12-14-8-4-5-9-16(14)21-11-10-13-6-2-1-3-7-13;/h1-9,15H,10-12,18H2,(H,19,20);1H. The molecule has 0 aliphatic carbocycles. The summed E-state index contributed by atoms with van der Waals surface area (Å²) in [7, 11) is 0. The summed E-state index contributed by atoms with van der Waals surface area (Å²) < 4.78 is 5.77. The molecule has 0 aliphatic heterocycles. The Morgan fingerprint density at radius 2 is 1.73 bits per heavy atom. The Labute approximate surface area is 136 Å². The highest BCUT2D eigenvalue weighted by atomic mass is 35.5. The van der Waals surface area contributed by atoms with Crippen LogP contribution in [0.15, 0.2) is 54.6 Å². The molecule has 118 valence electrons. The van der Waals surface area contributed by atoms with Crippen LogP contribution in [0.4, 0.5) is 0 Å². The number of rotatable bonds is 7. The Morgan fingerprint density at radius 3 is 2.41 bits per heavy atom. The normalized spacial score (nSPS) is 11.3. The Kier molecular flexibility index (Phi) is 7.43. The van der Waals surface area contributed by atoms with Crippen molar-refractivity contribution in [3.63, 3.8) is 0 Å². The summed E-state index contributed by atoms with van der Waals surface area (Å²) in [5.41, 5.74) is 7.61. The van der Waals surface area contributed by atoms with Crippen molar-refractivity contribution in [1.29, 1.82) is 0 Å². The highest BCUT2D eigenvalue weighted by molar-refractivity contribution is 5.85. The van der Waals surface area contributed by atoms with Gasteiger partial charge in [-0.25, -0.2) is 0 Å². The Morgan fingerprint density at radius 1 is 1.09 bits per heavy atom. The topological polar surface area (TPSA) is 72.5 Å². The number of nitrogens with two attached hydrogens (primary N) is 1. The van der Waals surface area contributed by atoms with Gasteiger partial charge >= 0.3 is 5.97 Å². The minimum absolute atomic E-state index is 0. The number of carboxylic acids is 1. The van der Waals surface area contributed by atoms with E-state index in [1.807, 2.05) is 42.5 Å². The van der Waals surface area contributed by atoms with Crippen LogP contribution < -0.4 is 10.5 Å². The van der Waals surface area contributed by atoms with E-state index >= 15 is 0 Å². The number of ether oxygens (including phenoxy) is 1. The summed E-state index contributed by atoms with van der Waals surface area (Å²) in [5, 5.41) is 8.89. The lowest BCUT2D eigenvalue weighted by atomic mass is 10.1. The van der Waals surface area contributed by atoms with E-state index in [-0.39, 0.29) is 18.8 Å². The van der Waals surface area contributed by atoms with Crippen LogP contribution in [0.5, 0.6) is 5.75 Å². The third kappa shape index (κ3) is 5.39. The third-order valence-corrected chi connectivity index (χ3v) is 3.22. The third-order valence-electron chi connectivity index (χ3n) is 3.22. The average molecular weight is 322 g/mol. The van der Waals surface area contributed by atoms with Gasteiger partial charge in [-0.1, -0.05) is 48.5 Å². The summed E-state index contributed by atoms with van der Waals surface area (Å²) in [6, 6.07) is 16.6. The molecule has 0 radical (unpaired) electrons. The van der Waals surface area contributed by atoms with E-state index < -0.39 is 12.0 Å². The zero-order valence-corrected chi connectivity index (χ0v) is 13.0. The molecule has 0 aliphatic rings. The quantitative estimate of drug-likeness (QED) is 0.822. The van der Waals surface area contributed by atoms with Crippen LogP contribution in [-0.4, -0.2) is 23.7 Å². The van der Waals surface area contributed by atoms with Crippen molar-refractivity contribution in [1.82, 2.24) is 0 Å². The zero-order chi connectivity index (χ0) is 15.1. The number of hydrogen-bond acceptors (Lipinski definition) is 3. The monoisotopic (exact) mass is 321 g/mol. The lowest BCUT2D eigenvalue weighted by molar-refractivity contribution is -0.138. The van der Waals surface area contributed by atoms with E-state index in [2.05, 4.69) is 12.1 Å². The van der Waals surface area contributed by atoms with Crippen molar-refractivity contribution in [3.05, 3.63) is 65.7 Å². The van der Waals surface area contributed by atoms with Crippen molar-refractivity contribution in [2.24, 2.45) is 5.73 Å². The highest BCUT2D eigenvalue weighted by Crippen LogP contribution is 2.19. The summed E-state index contributed by atoms with van der Waals surface area (Å²) in [4.78, 5) is 10.8. The number of carboxylic acid groups (broad SMARTS) is 1. The van der Waals surface area contributed by atoms with E-state index in [0.717, 1.165) is 12.0 Å². The molecule has 0 fully saturated rings. The molecule has 0 heterocycles. The van der Waals surface area contributed by atoms with Crippen LogP contribution in [0.25, 0.3) is 0 Å². The number of para-hydroxylation sites is 1. The summed E-state index contributed by atoms with van der Waals surface area (Å²) in [5.74, 6) is -0.306. The second-order valence-corrected chi connectivity index (χ2v) is 4.84. The summed E-state index contributed by atoms with van der Waals surface area (Å²) in [6.07, 6.45) is 1.07. The first-order valence-corrected chi connectivity index (χ1v) is 6.90. The maximum absolute atomic E-state index is 10.8. The molecule has 2 rings (SSSR count). The molecule has 1 unspecified atom stereocenters. The fourth-order valence-electron chi connectivity index (χ4n) is 2.06. The van der Waals surface area contributed by atoms with Gasteiger partial charge in [0.1, 0.15) is 11.8 Å². The largest absolute Gasteiger partial charge is 0.493 e. The molecule has 0 saturated carbocycles. The molecule has 22 heavy (non-hydrogen) atoms.